The van der Waals surface area contributed by atoms with Crippen LogP contribution in [-0.2, 0) is 42.1 Å². The highest BCUT2D eigenvalue weighted by Gasteiger charge is 2.51. The van der Waals surface area contributed by atoms with Crippen molar-refractivity contribution in [1.29, 1.82) is 0 Å². The van der Waals surface area contributed by atoms with Crippen molar-refractivity contribution in [2.75, 3.05) is 24.7 Å². The van der Waals surface area contributed by atoms with Gasteiger partial charge >= 0.3 is 0 Å². The van der Waals surface area contributed by atoms with Crippen molar-refractivity contribution < 1.29 is 38.5 Å². The van der Waals surface area contributed by atoms with Gasteiger partial charge in [-0.05, 0) is 23.6 Å². The third kappa shape index (κ3) is 5.29. The maximum absolute atomic E-state index is 11.3. The van der Waals surface area contributed by atoms with Crippen LogP contribution in [0.3, 0.4) is 0 Å². The van der Waals surface area contributed by atoms with Crippen LogP contribution in [-0.4, -0.2) is 109 Å². The smallest absolute Gasteiger partial charge is 0.259 e. The molecule has 7 rings (SSSR count). The second-order valence-corrected chi connectivity index (χ2v) is 16.3. The summed E-state index contributed by atoms with van der Waals surface area (Å²) in [7, 11) is 0. The summed E-state index contributed by atoms with van der Waals surface area (Å²) in [6.45, 7) is -8.39. The van der Waals surface area contributed by atoms with Crippen molar-refractivity contribution in [1.82, 2.24) is 49.2 Å². The molecule has 0 radical (unpaired) electrons. The lowest BCUT2D eigenvalue weighted by molar-refractivity contribution is -0.0470. The van der Waals surface area contributed by atoms with E-state index in [0.717, 1.165) is 0 Å². The molecule has 0 spiro atoms. The molecule has 4 aromatic rings. The average Bonchev–Trinajstić information content (AvgIpc) is 3.73. The molecule has 0 aliphatic carbocycles. The Kier molecular flexibility index (Phi) is 7.66. The molecule has 4 aromatic heterocycles. The number of rotatable bonds is 2. The van der Waals surface area contributed by atoms with E-state index in [1.165, 1.54) is 34.4 Å². The van der Waals surface area contributed by atoms with Gasteiger partial charge in [-0.1, -0.05) is 0 Å². The standard InChI is InChI=1S/C20H26N12O8P2S2/c21-15-11-17(25-3-23-15)31(5-27-11)19-13(33)9-7(39-19)1-37-41(35,43)30-10-8(2-38-42(36,44)29-9)40-20(14(10)34)32-6-28-12-16(22)24-4-26-18(12)32/h3-10,13-14,19-20,33-34H,1-2H2,(H2,21,23,25)(H2,22,24,26)(H2,29,36,44)(H2,30,35,43)/t7-,8-,9+,10+,13?,14?,19-,20-,41?,42?/m1/s1. The normalized spacial score (nSPS) is 38.3. The summed E-state index contributed by atoms with van der Waals surface area (Å²) in [6.07, 6.45) is -1.61. The van der Waals surface area contributed by atoms with Gasteiger partial charge < -0.3 is 50.0 Å². The van der Waals surface area contributed by atoms with Crippen LogP contribution >= 0.6 is 13.3 Å². The molecule has 7 heterocycles. The molecular weight excluding hydrogens is 662 g/mol. The molecule has 0 amide bonds. The number of aromatic nitrogens is 8. The van der Waals surface area contributed by atoms with Crippen LogP contribution in [0, 0.1) is 0 Å². The number of ether oxygens (including phenoxy) is 2. The van der Waals surface area contributed by atoms with Gasteiger partial charge in [0.15, 0.2) is 35.4 Å². The van der Waals surface area contributed by atoms with Crippen LogP contribution in [0.15, 0.2) is 25.3 Å². The fraction of sp³-hybridized carbons (Fsp3) is 0.500. The zero-order valence-corrected chi connectivity index (χ0v) is 25.6. The second-order valence-electron chi connectivity index (χ2n) is 10.2. The first kappa shape index (κ1) is 30.3. The Hall–Kier alpha value is -2.40. The second kappa shape index (κ2) is 11.1. The Balaban J connectivity index is 1.17. The Labute approximate surface area is 257 Å². The molecule has 3 aliphatic rings. The van der Waals surface area contributed by atoms with E-state index >= 15 is 0 Å². The highest BCUT2D eigenvalue weighted by atomic mass is 32.5. The number of aliphatic hydroxyl groups excluding tert-OH is 2. The minimum Gasteiger partial charge on any atom is -0.387 e. The van der Waals surface area contributed by atoms with E-state index in [0.29, 0.717) is 22.3 Å². The largest absolute Gasteiger partial charge is 0.387 e. The van der Waals surface area contributed by atoms with Gasteiger partial charge in [0.25, 0.3) is 13.3 Å². The minimum absolute atomic E-state index is 0.135. The number of hydrogen-bond acceptors (Lipinski definition) is 16. The van der Waals surface area contributed by atoms with Crippen molar-refractivity contribution in [3.05, 3.63) is 25.3 Å². The monoisotopic (exact) mass is 688 g/mol. The average molecular weight is 689 g/mol. The molecule has 3 saturated heterocycles. The molecular formula is C20H26N12O8P2S2. The Morgan fingerprint density at radius 2 is 1.14 bits per heavy atom. The third-order valence-electron chi connectivity index (χ3n) is 7.52. The molecule has 24 heteroatoms. The van der Waals surface area contributed by atoms with E-state index in [4.69, 9.17) is 53.6 Å². The predicted molar refractivity (Wildman–Crippen MR) is 158 cm³/mol. The molecule has 10 N–H and O–H groups in total. The molecule has 44 heavy (non-hydrogen) atoms. The lowest BCUT2D eigenvalue weighted by Crippen LogP contribution is -2.47. The number of anilines is 2. The number of nitrogen functional groups attached to an aromatic ring is 2. The van der Waals surface area contributed by atoms with Crippen LogP contribution in [0.4, 0.5) is 11.6 Å². The SMILES string of the molecule is Nc1ncnc2c1ncn2[C@@H]1O[C@@H]2COP(O)(=S)N[C@@H]3C(O)[C@H](n4cnc5c(N)ncnc54)O[C@@H]3COP(O)(=S)N[C@@H]2C1O. The first-order valence-corrected chi connectivity index (χ1v) is 18.3. The van der Waals surface area contributed by atoms with Gasteiger partial charge in [0.2, 0.25) is 0 Å². The minimum atomic E-state index is -3.84. The van der Waals surface area contributed by atoms with Crippen molar-refractivity contribution in [3.63, 3.8) is 0 Å². The maximum atomic E-state index is 11.3. The maximum Gasteiger partial charge on any atom is 0.259 e. The zero-order valence-electron chi connectivity index (χ0n) is 22.2. The van der Waals surface area contributed by atoms with Gasteiger partial charge in [-0.25, -0.2) is 40.1 Å². The fourth-order valence-corrected chi connectivity index (χ4v) is 8.80. The Morgan fingerprint density at radius 1 is 0.727 bits per heavy atom. The lowest BCUT2D eigenvalue weighted by atomic mass is 10.1. The number of nitrogens with two attached hydrogens (primary N) is 2. The van der Waals surface area contributed by atoms with Crippen LogP contribution in [0.2, 0.25) is 0 Å². The summed E-state index contributed by atoms with van der Waals surface area (Å²) < 4.78 is 26.6. The molecule has 10 atom stereocenters. The van der Waals surface area contributed by atoms with Gasteiger partial charge in [-0.15, -0.1) is 0 Å². The molecule has 20 nitrogen and oxygen atoms in total. The highest BCUT2D eigenvalue weighted by Crippen LogP contribution is 2.48. The van der Waals surface area contributed by atoms with Gasteiger partial charge in [-0.2, -0.15) is 0 Å². The lowest BCUT2D eigenvalue weighted by Gasteiger charge is -2.31. The van der Waals surface area contributed by atoms with Gasteiger partial charge in [0.1, 0.15) is 48.1 Å². The van der Waals surface area contributed by atoms with Gasteiger partial charge in [0, 0.05) is 0 Å². The summed E-state index contributed by atoms with van der Waals surface area (Å²) in [4.78, 5) is 46.9. The van der Waals surface area contributed by atoms with E-state index in [1.54, 1.807) is 0 Å². The van der Waals surface area contributed by atoms with Crippen LogP contribution in [0.5, 0.6) is 0 Å². The van der Waals surface area contributed by atoms with Gasteiger partial charge in [0.05, 0.1) is 38.0 Å². The van der Waals surface area contributed by atoms with E-state index < -0.39 is 62.2 Å². The zero-order chi connectivity index (χ0) is 31.0. The summed E-state index contributed by atoms with van der Waals surface area (Å²) >= 11 is 10.8. The number of fused-ring (bicyclic) bond motifs is 4. The molecule has 3 aliphatic heterocycles. The topological polar surface area (TPSA) is 281 Å². The Bertz CT molecular complexity index is 1700. The highest BCUT2D eigenvalue weighted by molar-refractivity contribution is 8.08. The first-order chi connectivity index (χ1) is 20.9. The van der Waals surface area contributed by atoms with Crippen molar-refractivity contribution in [3.8, 4) is 0 Å². The molecule has 0 saturated carbocycles. The molecule has 4 unspecified atom stereocenters. The van der Waals surface area contributed by atoms with Crippen LogP contribution in [0.1, 0.15) is 12.5 Å². The van der Waals surface area contributed by atoms with Crippen LogP contribution in [0.25, 0.3) is 22.3 Å². The molecule has 0 aromatic carbocycles. The van der Waals surface area contributed by atoms with E-state index in [-0.39, 0.29) is 24.8 Å². The third-order valence-corrected chi connectivity index (χ3v) is 11.0. The number of hydrogen-bond donors (Lipinski definition) is 8. The number of imidazole rings is 2. The summed E-state index contributed by atoms with van der Waals surface area (Å²) in [5, 5.41) is 28.3. The van der Waals surface area contributed by atoms with Gasteiger partial charge in [-0.3, -0.25) is 9.13 Å². The molecule has 0 bridgehead atoms. The summed E-state index contributed by atoms with van der Waals surface area (Å²) in [5.74, 6) is 0.271. The van der Waals surface area contributed by atoms with Crippen LogP contribution < -0.4 is 21.6 Å². The predicted octanol–water partition coefficient (Wildman–Crippen LogP) is -2.26. The van der Waals surface area contributed by atoms with E-state index in [9.17, 15) is 20.0 Å². The number of nitrogens with one attached hydrogen (secondary N) is 2. The van der Waals surface area contributed by atoms with E-state index in [1.807, 2.05) is 0 Å². The quantitative estimate of drug-likeness (QED) is 0.103. The van der Waals surface area contributed by atoms with Crippen molar-refractivity contribution in [2.45, 2.75) is 49.0 Å². The number of aliphatic hydroxyl groups is 2. The summed E-state index contributed by atoms with van der Waals surface area (Å²) in [5.41, 5.74) is 13.0. The van der Waals surface area contributed by atoms with Crippen molar-refractivity contribution >= 4 is 70.9 Å². The van der Waals surface area contributed by atoms with Crippen molar-refractivity contribution in [2.24, 2.45) is 0 Å². The summed E-state index contributed by atoms with van der Waals surface area (Å²) in [6, 6.07) is -2.11. The first-order valence-electron chi connectivity index (χ1n) is 13.0. The Morgan fingerprint density at radius 3 is 1.55 bits per heavy atom. The van der Waals surface area contributed by atoms with E-state index in [2.05, 4.69) is 40.1 Å². The molecule has 3 fully saturated rings. The number of nitrogens with zero attached hydrogens (tertiary/aromatic N) is 8. The fourth-order valence-electron chi connectivity index (χ4n) is 5.46. The molecule has 236 valence electrons.